The molecule has 2 aliphatic rings. The fourth-order valence-corrected chi connectivity index (χ4v) is 5.64. The normalized spacial score (nSPS) is 17.4. The molecule has 0 aliphatic carbocycles. The molecule has 0 radical (unpaired) electrons. The Labute approximate surface area is 215 Å². The van der Waals surface area contributed by atoms with Crippen LogP contribution in [0.2, 0.25) is 0 Å². The molecule has 8 heteroatoms. The lowest BCUT2D eigenvalue weighted by molar-refractivity contribution is -0.122. The molecular weight excluding hydrogens is 478 g/mol. The highest BCUT2D eigenvalue weighted by molar-refractivity contribution is 8.26. The minimum Gasteiger partial charge on any atom is -0.325 e. The molecule has 2 aliphatic heterocycles. The van der Waals surface area contributed by atoms with Crippen LogP contribution in [-0.2, 0) is 14.4 Å². The SMILES string of the molecule is CCCCCCN1C(=O)C(=C2C(=O)N(CC(=O)Nc3ccc(C)c(C)c3)c3ccccc32)SC1=S. The van der Waals surface area contributed by atoms with E-state index in [9.17, 15) is 14.4 Å². The Morgan fingerprint density at radius 2 is 1.74 bits per heavy atom. The number of unbranched alkanes of at least 4 members (excludes halogenated alkanes) is 3. The molecule has 4 rings (SSSR count). The van der Waals surface area contributed by atoms with Crippen molar-refractivity contribution in [2.45, 2.75) is 46.5 Å². The van der Waals surface area contributed by atoms with Crippen LogP contribution in [-0.4, -0.2) is 40.0 Å². The van der Waals surface area contributed by atoms with Crippen molar-refractivity contribution in [1.29, 1.82) is 0 Å². The summed E-state index contributed by atoms with van der Waals surface area (Å²) in [6.45, 7) is 6.54. The van der Waals surface area contributed by atoms with Gasteiger partial charge in [-0.05, 0) is 49.6 Å². The van der Waals surface area contributed by atoms with E-state index in [1.807, 2.05) is 50.2 Å². The quantitative estimate of drug-likeness (QED) is 0.293. The molecule has 0 bridgehead atoms. The number of carbonyl (C=O) groups is 3. The van der Waals surface area contributed by atoms with Crippen LogP contribution < -0.4 is 10.2 Å². The average Bonchev–Trinajstić information content (AvgIpc) is 3.26. The van der Waals surface area contributed by atoms with Gasteiger partial charge < -0.3 is 5.32 Å². The van der Waals surface area contributed by atoms with Gasteiger partial charge in [-0.15, -0.1) is 0 Å². The second-order valence-corrected chi connectivity index (χ2v) is 10.5. The molecular formula is C27H29N3O3S2. The van der Waals surface area contributed by atoms with Gasteiger partial charge in [-0.3, -0.25) is 24.2 Å². The monoisotopic (exact) mass is 507 g/mol. The Morgan fingerprint density at radius 3 is 2.49 bits per heavy atom. The van der Waals surface area contributed by atoms with E-state index >= 15 is 0 Å². The van der Waals surface area contributed by atoms with Crippen LogP contribution in [0.4, 0.5) is 11.4 Å². The Morgan fingerprint density at radius 1 is 0.971 bits per heavy atom. The van der Waals surface area contributed by atoms with E-state index in [0.29, 0.717) is 38.3 Å². The van der Waals surface area contributed by atoms with E-state index < -0.39 is 0 Å². The van der Waals surface area contributed by atoms with E-state index in [4.69, 9.17) is 12.2 Å². The van der Waals surface area contributed by atoms with Crippen molar-refractivity contribution in [1.82, 2.24) is 4.90 Å². The van der Waals surface area contributed by atoms with Gasteiger partial charge in [0.1, 0.15) is 10.9 Å². The van der Waals surface area contributed by atoms with Gasteiger partial charge in [0.15, 0.2) is 0 Å². The first kappa shape index (κ1) is 25.1. The van der Waals surface area contributed by atoms with Crippen molar-refractivity contribution in [2.75, 3.05) is 23.3 Å². The van der Waals surface area contributed by atoms with Crippen LogP contribution in [0.5, 0.6) is 0 Å². The highest BCUT2D eigenvalue weighted by Crippen LogP contribution is 2.44. The lowest BCUT2D eigenvalue weighted by Gasteiger charge is -2.17. The number of para-hydroxylation sites is 1. The number of nitrogens with one attached hydrogen (secondary N) is 1. The Kier molecular flexibility index (Phi) is 7.72. The largest absolute Gasteiger partial charge is 0.325 e. The summed E-state index contributed by atoms with van der Waals surface area (Å²) in [5, 5.41) is 2.88. The minimum absolute atomic E-state index is 0.149. The van der Waals surface area contributed by atoms with Crippen LogP contribution in [0.15, 0.2) is 47.4 Å². The predicted molar refractivity (Wildman–Crippen MR) is 146 cm³/mol. The third kappa shape index (κ3) is 5.18. The van der Waals surface area contributed by atoms with Gasteiger partial charge >= 0.3 is 0 Å². The lowest BCUT2D eigenvalue weighted by Crippen LogP contribution is -2.35. The Bertz CT molecular complexity index is 1240. The number of anilines is 2. The summed E-state index contributed by atoms with van der Waals surface area (Å²) >= 11 is 6.66. The van der Waals surface area contributed by atoms with Crippen LogP contribution in [0.25, 0.3) is 5.57 Å². The summed E-state index contributed by atoms with van der Waals surface area (Å²) in [6, 6.07) is 13.0. The van der Waals surface area contributed by atoms with Crippen LogP contribution in [0.3, 0.4) is 0 Å². The number of hydrogen-bond donors (Lipinski definition) is 1. The number of carbonyl (C=O) groups excluding carboxylic acids is 3. The summed E-state index contributed by atoms with van der Waals surface area (Å²) in [7, 11) is 0. The first-order valence-corrected chi connectivity index (χ1v) is 13.1. The number of rotatable bonds is 8. The van der Waals surface area contributed by atoms with Gasteiger partial charge in [-0.25, -0.2) is 0 Å². The van der Waals surface area contributed by atoms with E-state index in [1.54, 1.807) is 11.0 Å². The third-order valence-corrected chi connectivity index (χ3v) is 7.78. The van der Waals surface area contributed by atoms with E-state index in [2.05, 4.69) is 12.2 Å². The number of fused-ring (bicyclic) bond motifs is 1. The molecule has 2 aromatic rings. The van der Waals surface area contributed by atoms with E-state index in [0.717, 1.165) is 36.8 Å². The number of benzene rings is 2. The number of aryl methyl sites for hydroxylation is 2. The van der Waals surface area contributed by atoms with Crippen molar-refractivity contribution < 1.29 is 14.4 Å². The van der Waals surface area contributed by atoms with Crippen molar-refractivity contribution >= 4 is 63.0 Å². The molecule has 1 fully saturated rings. The maximum atomic E-state index is 13.6. The second-order valence-electron chi connectivity index (χ2n) is 8.85. The Balaban J connectivity index is 1.57. The predicted octanol–water partition coefficient (Wildman–Crippen LogP) is 5.44. The van der Waals surface area contributed by atoms with Gasteiger partial charge in [0.05, 0.1) is 16.2 Å². The van der Waals surface area contributed by atoms with E-state index in [-0.39, 0.29) is 24.3 Å². The summed E-state index contributed by atoms with van der Waals surface area (Å²) in [5.74, 6) is -0.884. The topological polar surface area (TPSA) is 69.7 Å². The highest BCUT2D eigenvalue weighted by Gasteiger charge is 2.42. The van der Waals surface area contributed by atoms with E-state index in [1.165, 1.54) is 16.7 Å². The van der Waals surface area contributed by atoms with Gasteiger partial charge in [-0.2, -0.15) is 0 Å². The Hall–Kier alpha value is -2.97. The average molecular weight is 508 g/mol. The van der Waals surface area contributed by atoms with Gasteiger partial charge in [0, 0.05) is 17.8 Å². The zero-order valence-corrected chi connectivity index (χ0v) is 21.9. The first-order valence-electron chi connectivity index (χ1n) is 11.9. The molecule has 1 saturated heterocycles. The van der Waals surface area contributed by atoms with Crippen molar-refractivity contribution in [3.05, 3.63) is 64.1 Å². The number of nitrogens with zero attached hydrogens (tertiary/aromatic N) is 2. The van der Waals surface area contributed by atoms with Crippen molar-refractivity contribution in [3.63, 3.8) is 0 Å². The third-order valence-electron chi connectivity index (χ3n) is 6.33. The molecule has 3 amide bonds. The zero-order chi connectivity index (χ0) is 25.1. The smallest absolute Gasteiger partial charge is 0.267 e. The number of hydrogen-bond acceptors (Lipinski definition) is 5. The zero-order valence-electron chi connectivity index (χ0n) is 20.2. The first-order chi connectivity index (χ1) is 16.8. The molecule has 1 N–H and O–H groups in total. The van der Waals surface area contributed by atoms with Gasteiger partial charge in [0.25, 0.3) is 11.8 Å². The lowest BCUT2D eigenvalue weighted by atomic mass is 10.1. The maximum absolute atomic E-state index is 13.6. The summed E-state index contributed by atoms with van der Waals surface area (Å²) in [6.07, 6.45) is 4.13. The van der Waals surface area contributed by atoms with Crippen LogP contribution >= 0.6 is 24.0 Å². The molecule has 2 heterocycles. The second kappa shape index (κ2) is 10.7. The molecule has 6 nitrogen and oxygen atoms in total. The molecule has 35 heavy (non-hydrogen) atoms. The molecule has 0 spiro atoms. The highest BCUT2D eigenvalue weighted by atomic mass is 32.2. The van der Waals surface area contributed by atoms with Crippen molar-refractivity contribution in [2.24, 2.45) is 0 Å². The molecule has 0 aromatic heterocycles. The van der Waals surface area contributed by atoms with Crippen LogP contribution in [0, 0.1) is 13.8 Å². The molecule has 0 atom stereocenters. The maximum Gasteiger partial charge on any atom is 0.267 e. The summed E-state index contributed by atoms with van der Waals surface area (Å²) in [5.41, 5.74) is 4.50. The molecule has 182 valence electrons. The van der Waals surface area contributed by atoms with Crippen LogP contribution in [0.1, 0.15) is 49.3 Å². The molecule has 0 unspecified atom stereocenters. The fraction of sp³-hybridized carbons (Fsp3) is 0.333. The standard InChI is InChI=1S/C27H29N3O3S2/c1-4-5-6-9-14-29-26(33)24(35-27(29)34)23-20-10-7-8-11-21(20)30(25(23)32)16-22(31)28-19-13-12-17(2)18(3)15-19/h7-8,10-13,15H,4-6,9,14,16H2,1-3H3,(H,28,31). The van der Waals surface area contributed by atoms with Gasteiger partial charge in [0.2, 0.25) is 5.91 Å². The molecule has 2 aromatic carbocycles. The fourth-order valence-electron chi connectivity index (χ4n) is 4.26. The van der Waals surface area contributed by atoms with Gasteiger partial charge in [-0.1, -0.05) is 74.4 Å². The number of amides is 3. The molecule has 0 saturated carbocycles. The number of thiocarbonyl (C=S) groups is 1. The summed E-state index contributed by atoms with van der Waals surface area (Å²) in [4.78, 5) is 43.1. The summed E-state index contributed by atoms with van der Waals surface area (Å²) < 4.78 is 0.477. The van der Waals surface area contributed by atoms with Crippen molar-refractivity contribution in [3.8, 4) is 0 Å². The number of thioether (sulfide) groups is 1. The minimum atomic E-state index is -0.354.